The average Bonchev–Trinajstić information content (AvgIpc) is 2.62. The van der Waals surface area contributed by atoms with Crippen molar-refractivity contribution in [3.8, 4) is 0 Å². The maximum absolute atomic E-state index is 14.0. The van der Waals surface area contributed by atoms with E-state index >= 15 is 0 Å². The molecule has 5 heteroatoms. The van der Waals surface area contributed by atoms with Gasteiger partial charge in [-0.25, -0.2) is 9.40 Å². The van der Waals surface area contributed by atoms with Crippen LogP contribution in [0.3, 0.4) is 0 Å². The number of morpholine rings is 1. The van der Waals surface area contributed by atoms with Gasteiger partial charge in [0.1, 0.15) is 6.17 Å². The molecule has 0 aliphatic carbocycles. The number of halogens is 1. The summed E-state index contributed by atoms with van der Waals surface area (Å²) in [5.74, 6) is 0. The first-order valence-corrected chi connectivity index (χ1v) is 6.28. The van der Waals surface area contributed by atoms with E-state index in [2.05, 4.69) is 22.9 Å². The summed E-state index contributed by atoms with van der Waals surface area (Å²) >= 11 is 0. The van der Waals surface area contributed by atoms with Crippen molar-refractivity contribution in [2.45, 2.75) is 19.1 Å². The number of hydrogen-bond donors (Lipinski definition) is 0. The molecule has 0 bridgehead atoms. The molecule has 0 spiro atoms. The van der Waals surface area contributed by atoms with E-state index in [1.807, 2.05) is 18.3 Å². The molecule has 0 aromatic heterocycles. The Morgan fingerprint density at radius 3 is 2.65 bits per heavy atom. The highest BCUT2D eigenvalue weighted by Gasteiger charge is 2.23. The molecule has 1 fully saturated rings. The lowest BCUT2D eigenvalue weighted by molar-refractivity contribution is 0.00156. The summed E-state index contributed by atoms with van der Waals surface area (Å²) in [6.45, 7) is 6.21. The average molecular weight is 243 g/mol. The molecular formula is C12H22FN3O. The zero-order valence-electron chi connectivity index (χ0n) is 10.7. The van der Waals surface area contributed by atoms with Crippen LogP contribution < -0.4 is 0 Å². The van der Waals surface area contributed by atoms with Gasteiger partial charge in [-0.3, -0.25) is 4.90 Å². The highest BCUT2D eigenvalue weighted by atomic mass is 19.1. The Labute approximate surface area is 103 Å². The standard InChI is InChI=1S/C12H22FN3O/c1-11-3-4-16(14(11)2)10-12(13)9-15-5-7-17-8-6-15/h3-4,11-12H,5-10H2,1-2H3. The monoisotopic (exact) mass is 243 g/mol. The first-order valence-electron chi connectivity index (χ1n) is 6.28. The number of hydrazine groups is 1. The number of hydrogen-bond acceptors (Lipinski definition) is 4. The summed E-state index contributed by atoms with van der Waals surface area (Å²) in [4.78, 5) is 2.14. The number of likely N-dealkylation sites (N-methyl/N-ethyl adjacent to an activating group) is 1. The van der Waals surface area contributed by atoms with E-state index < -0.39 is 6.17 Å². The SMILES string of the molecule is CC1C=CN(CC(F)CN2CCOCC2)N1C. The molecular weight excluding hydrogens is 221 g/mol. The molecule has 2 heterocycles. The molecule has 0 aromatic rings. The smallest absolute Gasteiger partial charge is 0.132 e. The van der Waals surface area contributed by atoms with Crippen LogP contribution in [0, 0.1) is 0 Å². The van der Waals surface area contributed by atoms with Gasteiger partial charge in [0.25, 0.3) is 0 Å². The summed E-state index contributed by atoms with van der Waals surface area (Å²) in [5.41, 5.74) is 0. The Morgan fingerprint density at radius 1 is 1.35 bits per heavy atom. The molecule has 0 aromatic carbocycles. The normalized spacial score (nSPS) is 28.9. The molecule has 2 aliphatic heterocycles. The molecule has 0 radical (unpaired) electrons. The van der Waals surface area contributed by atoms with Crippen molar-refractivity contribution in [1.29, 1.82) is 0 Å². The highest BCUT2D eigenvalue weighted by Crippen LogP contribution is 2.14. The van der Waals surface area contributed by atoms with Crippen molar-refractivity contribution in [1.82, 2.24) is 14.9 Å². The van der Waals surface area contributed by atoms with E-state index in [4.69, 9.17) is 4.74 Å². The van der Waals surface area contributed by atoms with Crippen LogP contribution in [0.4, 0.5) is 4.39 Å². The molecule has 4 nitrogen and oxygen atoms in total. The van der Waals surface area contributed by atoms with Crippen molar-refractivity contribution in [2.24, 2.45) is 0 Å². The quantitative estimate of drug-likeness (QED) is 0.724. The predicted molar refractivity (Wildman–Crippen MR) is 65.2 cm³/mol. The van der Waals surface area contributed by atoms with E-state index in [0.717, 1.165) is 26.3 Å². The first kappa shape index (κ1) is 12.8. The van der Waals surface area contributed by atoms with E-state index in [1.54, 1.807) is 0 Å². The lowest BCUT2D eigenvalue weighted by atomic mass is 10.3. The van der Waals surface area contributed by atoms with Crippen LogP contribution in [0.25, 0.3) is 0 Å². The van der Waals surface area contributed by atoms with Crippen LogP contribution in [-0.2, 0) is 4.74 Å². The fraction of sp³-hybridized carbons (Fsp3) is 0.833. The minimum absolute atomic E-state index is 0.366. The molecule has 0 saturated carbocycles. The van der Waals surface area contributed by atoms with Gasteiger partial charge in [0.15, 0.2) is 0 Å². The molecule has 1 saturated heterocycles. The van der Waals surface area contributed by atoms with Gasteiger partial charge in [0.05, 0.1) is 19.8 Å². The van der Waals surface area contributed by atoms with Gasteiger partial charge in [0, 0.05) is 38.9 Å². The fourth-order valence-electron chi connectivity index (χ4n) is 2.20. The molecule has 17 heavy (non-hydrogen) atoms. The van der Waals surface area contributed by atoms with Gasteiger partial charge in [-0.1, -0.05) is 0 Å². The van der Waals surface area contributed by atoms with Gasteiger partial charge in [-0.15, -0.1) is 0 Å². The second kappa shape index (κ2) is 5.80. The van der Waals surface area contributed by atoms with E-state index in [1.165, 1.54) is 0 Å². The lowest BCUT2D eigenvalue weighted by Crippen LogP contribution is -2.45. The molecule has 2 aliphatic rings. The Balaban J connectivity index is 1.73. The van der Waals surface area contributed by atoms with Crippen molar-refractivity contribution in [2.75, 3.05) is 46.4 Å². The van der Waals surface area contributed by atoms with Gasteiger partial charge in [0.2, 0.25) is 0 Å². The van der Waals surface area contributed by atoms with Crippen molar-refractivity contribution in [3.05, 3.63) is 12.3 Å². The van der Waals surface area contributed by atoms with E-state index in [9.17, 15) is 4.39 Å². The molecule has 2 atom stereocenters. The van der Waals surface area contributed by atoms with Crippen LogP contribution in [0.1, 0.15) is 6.92 Å². The van der Waals surface area contributed by atoms with Crippen molar-refractivity contribution < 1.29 is 9.13 Å². The second-order valence-electron chi connectivity index (χ2n) is 4.79. The van der Waals surface area contributed by atoms with Crippen LogP contribution >= 0.6 is 0 Å². The first-order chi connectivity index (χ1) is 8.16. The molecule has 2 rings (SSSR count). The van der Waals surface area contributed by atoms with Crippen molar-refractivity contribution in [3.63, 3.8) is 0 Å². The van der Waals surface area contributed by atoms with Gasteiger partial charge in [-0.05, 0) is 13.0 Å². The fourth-order valence-corrected chi connectivity index (χ4v) is 2.20. The zero-order chi connectivity index (χ0) is 12.3. The maximum Gasteiger partial charge on any atom is 0.132 e. The summed E-state index contributed by atoms with van der Waals surface area (Å²) < 4.78 is 19.2. The van der Waals surface area contributed by atoms with Gasteiger partial charge < -0.3 is 9.75 Å². The maximum atomic E-state index is 14.0. The second-order valence-corrected chi connectivity index (χ2v) is 4.79. The lowest BCUT2D eigenvalue weighted by Gasteiger charge is -2.32. The summed E-state index contributed by atoms with van der Waals surface area (Å²) in [7, 11) is 1.99. The van der Waals surface area contributed by atoms with Crippen LogP contribution in [-0.4, -0.2) is 73.6 Å². The van der Waals surface area contributed by atoms with Crippen LogP contribution in [0.15, 0.2) is 12.3 Å². The highest BCUT2D eigenvalue weighted by molar-refractivity contribution is 4.97. The Bertz CT molecular complexity index is 268. The minimum atomic E-state index is -0.814. The Hall–Kier alpha value is -0.650. The minimum Gasteiger partial charge on any atom is -0.379 e. The number of alkyl halides is 1. The Morgan fingerprint density at radius 2 is 2.06 bits per heavy atom. The Kier molecular flexibility index (Phi) is 4.36. The predicted octanol–water partition coefficient (Wildman–Crippen LogP) is 0.721. The topological polar surface area (TPSA) is 19.0 Å². The van der Waals surface area contributed by atoms with E-state index in [0.29, 0.717) is 19.1 Å². The summed E-state index contributed by atoms with van der Waals surface area (Å²) in [5, 5.41) is 4.02. The molecule has 98 valence electrons. The third-order valence-corrected chi connectivity index (χ3v) is 3.48. The van der Waals surface area contributed by atoms with E-state index in [-0.39, 0.29) is 0 Å². The third-order valence-electron chi connectivity index (χ3n) is 3.48. The van der Waals surface area contributed by atoms with Gasteiger partial charge in [-0.2, -0.15) is 0 Å². The van der Waals surface area contributed by atoms with Crippen LogP contribution in [0.5, 0.6) is 0 Å². The number of nitrogens with zero attached hydrogens (tertiary/aromatic N) is 3. The molecule has 0 N–H and O–H groups in total. The summed E-state index contributed by atoms with van der Waals surface area (Å²) in [6.07, 6.45) is 3.24. The van der Waals surface area contributed by atoms with Gasteiger partial charge >= 0.3 is 0 Å². The summed E-state index contributed by atoms with van der Waals surface area (Å²) in [6, 6.07) is 0.366. The molecule has 0 amide bonds. The van der Waals surface area contributed by atoms with Crippen molar-refractivity contribution >= 4 is 0 Å². The largest absolute Gasteiger partial charge is 0.379 e. The number of rotatable bonds is 4. The molecule has 2 unspecified atom stereocenters. The zero-order valence-corrected chi connectivity index (χ0v) is 10.7. The third kappa shape index (κ3) is 3.40. The van der Waals surface area contributed by atoms with Crippen LogP contribution in [0.2, 0.25) is 0 Å². The number of ether oxygens (including phenoxy) is 1.